The van der Waals surface area contributed by atoms with E-state index in [0.29, 0.717) is 16.6 Å². The van der Waals surface area contributed by atoms with Crippen LogP contribution >= 0.6 is 0 Å². The minimum atomic E-state index is -0.344. The summed E-state index contributed by atoms with van der Waals surface area (Å²) in [6.45, 7) is 3.81. The SMILES string of the molecule is Cc1ccc2oc(=O)c3cc(C)oc3c2c1. The zero-order chi connectivity index (χ0) is 11.3. The Morgan fingerprint density at radius 1 is 1.00 bits per heavy atom. The molecule has 0 saturated heterocycles. The van der Waals surface area contributed by atoms with Gasteiger partial charge in [0.05, 0.1) is 5.39 Å². The Morgan fingerprint density at radius 2 is 1.81 bits per heavy atom. The predicted molar refractivity (Wildman–Crippen MR) is 61.7 cm³/mol. The fourth-order valence-corrected chi connectivity index (χ4v) is 1.93. The van der Waals surface area contributed by atoms with Crippen LogP contribution in [0.1, 0.15) is 11.3 Å². The number of furan rings is 1. The van der Waals surface area contributed by atoms with Gasteiger partial charge in [-0.15, -0.1) is 0 Å². The minimum Gasteiger partial charge on any atom is -0.460 e. The monoisotopic (exact) mass is 214 g/mol. The van der Waals surface area contributed by atoms with Crippen LogP contribution in [0.25, 0.3) is 21.9 Å². The first kappa shape index (κ1) is 9.21. The van der Waals surface area contributed by atoms with Gasteiger partial charge in [-0.25, -0.2) is 4.79 Å². The highest BCUT2D eigenvalue weighted by Crippen LogP contribution is 2.25. The van der Waals surface area contributed by atoms with E-state index < -0.39 is 0 Å². The number of hydrogen-bond donors (Lipinski definition) is 0. The van der Waals surface area contributed by atoms with Gasteiger partial charge in [0, 0.05) is 0 Å². The van der Waals surface area contributed by atoms with Gasteiger partial charge in [-0.05, 0) is 32.0 Å². The lowest BCUT2D eigenvalue weighted by atomic mass is 10.1. The summed E-state index contributed by atoms with van der Waals surface area (Å²) in [6, 6.07) is 7.38. The van der Waals surface area contributed by atoms with Crippen molar-refractivity contribution in [1.29, 1.82) is 0 Å². The van der Waals surface area contributed by atoms with Crippen molar-refractivity contribution < 1.29 is 8.83 Å². The van der Waals surface area contributed by atoms with Crippen molar-refractivity contribution in [2.45, 2.75) is 13.8 Å². The van der Waals surface area contributed by atoms with E-state index in [1.54, 1.807) is 12.1 Å². The molecule has 0 amide bonds. The molecule has 2 aromatic heterocycles. The van der Waals surface area contributed by atoms with E-state index in [-0.39, 0.29) is 5.63 Å². The number of benzene rings is 1. The summed E-state index contributed by atoms with van der Waals surface area (Å²) in [5.41, 5.74) is 1.95. The Labute approximate surface area is 91.3 Å². The first-order valence-electron chi connectivity index (χ1n) is 5.09. The molecule has 0 bridgehead atoms. The van der Waals surface area contributed by atoms with Crippen molar-refractivity contribution in [2.75, 3.05) is 0 Å². The van der Waals surface area contributed by atoms with Crippen molar-refractivity contribution >= 4 is 21.9 Å². The molecule has 0 aliphatic carbocycles. The van der Waals surface area contributed by atoms with E-state index in [2.05, 4.69) is 0 Å². The zero-order valence-electron chi connectivity index (χ0n) is 9.03. The van der Waals surface area contributed by atoms with Crippen molar-refractivity contribution in [2.24, 2.45) is 0 Å². The molecular weight excluding hydrogens is 204 g/mol. The van der Waals surface area contributed by atoms with Gasteiger partial charge in [0.25, 0.3) is 0 Å². The fraction of sp³-hybridized carbons (Fsp3) is 0.154. The first-order chi connectivity index (χ1) is 7.65. The summed E-state index contributed by atoms with van der Waals surface area (Å²) in [4.78, 5) is 11.7. The van der Waals surface area contributed by atoms with E-state index in [4.69, 9.17) is 8.83 Å². The van der Waals surface area contributed by atoms with Crippen molar-refractivity contribution in [3.05, 3.63) is 46.0 Å². The second kappa shape index (κ2) is 2.98. The Hall–Kier alpha value is -2.03. The maximum atomic E-state index is 11.7. The molecule has 3 aromatic rings. The Balaban J connectivity index is 2.65. The average Bonchev–Trinajstić information content (AvgIpc) is 2.62. The molecule has 0 fully saturated rings. The van der Waals surface area contributed by atoms with E-state index in [1.807, 2.05) is 26.0 Å². The molecule has 0 aliphatic heterocycles. The molecule has 3 heteroatoms. The predicted octanol–water partition coefficient (Wildman–Crippen LogP) is 3.16. The first-order valence-corrected chi connectivity index (χ1v) is 5.09. The van der Waals surface area contributed by atoms with Crippen LogP contribution in [0.15, 0.2) is 37.9 Å². The van der Waals surface area contributed by atoms with Crippen molar-refractivity contribution in [3.8, 4) is 0 Å². The molecule has 0 saturated carbocycles. The second-order valence-corrected chi connectivity index (χ2v) is 3.99. The molecular formula is C13H10O3. The summed E-state index contributed by atoms with van der Waals surface area (Å²) >= 11 is 0. The van der Waals surface area contributed by atoms with Crippen LogP contribution in [0.4, 0.5) is 0 Å². The third-order valence-corrected chi connectivity index (χ3v) is 2.66. The lowest BCUT2D eigenvalue weighted by molar-refractivity contribution is 0.559. The Morgan fingerprint density at radius 3 is 2.62 bits per heavy atom. The van der Waals surface area contributed by atoms with Crippen LogP contribution in [0, 0.1) is 13.8 Å². The van der Waals surface area contributed by atoms with Gasteiger partial charge in [-0.3, -0.25) is 0 Å². The maximum Gasteiger partial charge on any atom is 0.347 e. The molecule has 3 rings (SSSR count). The summed E-state index contributed by atoms with van der Waals surface area (Å²) in [5.74, 6) is 0.719. The van der Waals surface area contributed by atoms with Gasteiger partial charge in [0.2, 0.25) is 0 Å². The van der Waals surface area contributed by atoms with Gasteiger partial charge in [0.1, 0.15) is 16.7 Å². The van der Waals surface area contributed by atoms with Crippen molar-refractivity contribution in [1.82, 2.24) is 0 Å². The highest BCUT2D eigenvalue weighted by molar-refractivity contribution is 6.01. The lowest BCUT2D eigenvalue weighted by Crippen LogP contribution is -1.97. The molecule has 2 heterocycles. The largest absolute Gasteiger partial charge is 0.460 e. The van der Waals surface area contributed by atoms with E-state index >= 15 is 0 Å². The molecule has 3 nitrogen and oxygen atoms in total. The molecule has 0 spiro atoms. The second-order valence-electron chi connectivity index (χ2n) is 3.99. The van der Waals surface area contributed by atoms with Gasteiger partial charge in [0.15, 0.2) is 5.58 Å². The van der Waals surface area contributed by atoms with Crippen LogP contribution < -0.4 is 5.63 Å². The van der Waals surface area contributed by atoms with Gasteiger partial charge in [-0.1, -0.05) is 11.6 Å². The molecule has 0 aliphatic rings. The molecule has 1 aromatic carbocycles. The van der Waals surface area contributed by atoms with E-state index in [0.717, 1.165) is 16.7 Å². The van der Waals surface area contributed by atoms with Crippen LogP contribution in [-0.2, 0) is 0 Å². The van der Waals surface area contributed by atoms with Gasteiger partial charge < -0.3 is 8.83 Å². The highest BCUT2D eigenvalue weighted by Gasteiger charge is 2.11. The molecule has 0 unspecified atom stereocenters. The smallest absolute Gasteiger partial charge is 0.347 e. The molecule has 0 N–H and O–H groups in total. The van der Waals surface area contributed by atoms with Crippen molar-refractivity contribution in [3.63, 3.8) is 0 Å². The number of hydrogen-bond acceptors (Lipinski definition) is 3. The number of rotatable bonds is 0. The van der Waals surface area contributed by atoms with Crippen LogP contribution in [0.2, 0.25) is 0 Å². The fourth-order valence-electron chi connectivity index (χ4n) is 1.93. The third kappa shape index (κ3) is 1.18. The van der Waals surface area contributed by atoms with Crippen LogP contribution in [0.3, 0.4) is 0 Å². The normalized spacial score (nSPS) is 11.4. The van der Waals surface area contributed by atoms with E-state index in [1.165, 1.54) is 0 Å². The maximum absolute atomic E-state index is 11.7. The number of fused-ring (bicyclic) bond motifs is 3. The lowest BCUT2D eigenvalue weighted by Gasteiger charge is -1.98. The Bertz CT molecular complexity index is 747. The van der Waals surface area contributed by atoms with Crippen LogP contribution in [0.5, 0.6) is 0 Å². The molecule has 80 valence electrons. The molecule has 0 radical (unpaired) electrons. The summed E-state index contributed by atoms with van der Waals surface area (Å²) in [7, 11) is 0. The summed E-state index contributed by atoms with van der Waals surface area (Å²) in [5, 5.41) is 1.36. The van der Waals surface area contributed by atoms with Crippen LogP contribution in [-0.4, -0.2) is 0 Å². The van der Waals surface area contributed by atoms with Gasteiger partial charge in [-0.2, -0.15) is 0 Å². The Kier molecular flexibility index (Phi) is 1.72. The summed E-state index contributed by atoms with van der Waals surface area (Å²) < 4.78 is 10.8. The highest BCUT2D eigenvalue weighted by atomic mass is 16.4. The third-order valence-electron chi connectivity index (χ3n) is 2.66. The van der Waals surface area contributed by atoms with Gasteiger partial charge >= 0.3 is 5.63 Å². The quantitative estimate of drug-likeness (QED) is 0.540. The minimum absolute atomic E-state index is 0.344. The molecule has 16 heavy (non-hydrogen) atoms. The van der Waals surface area contributed by atoms with E-state index in [9.17, 15) is 4.79 Å². The topological polar surface area (TPSA) is 43.4 Å². The average molecular weight is 214 g/mol. The molecule has 0 atom stereocenters. The summed E-state index contributed by atoms with van der Waals surface area (Å²) in [6.07, 6.45) is 0. The zero-order valence-corrected chi connectivity index (χ0v) is 9.03. The number of aryl methyl sites for hydroxylation is 2. The standard InChI is InChI=1S/C13H10O3/c1-7-3-4-11-9(5-7)12-10(13(14)16-11)6-8(2)15-12/h3-6H,1-2H3.